The van der Waals surface area contributed by atoms with Gasteiger partial charge in [-0.25, -0.2) is 18.3 Å². The van der Waals surface area contributed by atoms with Crippen molar-refractivity contribution in [3.8, 4) is 17.4 Å². The van der Waals surface area contributed by atoms with Crippen LogP contribution in [-0.2, 0) is 13.6 Å². The summed E-state index contributed by atoms with van der Waals surface area (Å²) in [6.45, 7) is -0.259. The lowest BCUT2D eigenvalue weighted by atomic mass is 10.2. The summed E-state index contributed by atoms with van der Waals surface area (Å²) in [6, 6.07) is 10.4. The van der Waals surface area contributed by atoms with Crippen LogP contribution < -0.4 is 10.4 Å². The molecule has 28 heavy (non-hydrogen) atoms. The number of aryl methyl sites for hydroxylation is 1. The van der Waals surface area contributed by atoms with E-state index < -0.39 is 17.3 Å². The summed E-state index contributed by atoms with van der Waals surface area (Å²) < 4.78 is 36.9. The van der Waals surface area contributed by atoms with Crippen LogP contribution >= 0.6 is 0 Å². The van der Waals surface area contributed by atoms with E-state index in [0.29, 0.717) is 17.4 Å². The van der Waals surface area contributed by atoms with Crippen LogP contribution in [0.3, 0.4) is 0 Å². The van der Waals surface area contributed by atoms with E-state index in [0.717, 1.165) is 21.4 Å². The maximum absolute atomic E-state index is 13.8. The van der Waals surface area contributed by atoms with Gasteiger partial charge in [-0.1, -0.05) is 6.07 Å². The molecule has 0 aliphatic rings. The van der Waals surface area contributed by atoms with Crippen LogP contribution in [0.5, 0.6) is 11.8 Å². The summed E-state index contributed by atoms with van der Waals surface area (Å²) in [6.07, 6.45) is 2.60. The minimum Gasteiger partial charge on any atom is -0.424 e. The van der Waals surface area contributed by atoms with E-state index in [2.05, 4.69) is 15.2 Å². The zero-order valence-corrected chi connectivity index (χ0v) is 14.7. The minimum absolute atomic E-state index is 0.198. The zero-order valence-electron chi connectivity index (χ0n) is 14.7. The van der Waals surface area contributed by atoms with Crippen molar-refractivity contribution < 1.29 is 13.5 Å². The number of nitrogens with zero attached hydrogens (tertiary/aromatic N) is 6. The third-order valence-corrected chi connectivity index (χ3v) is 4.08. The van der Waals surface area contributed by atoms with Gasteiger partial charge in [0.2, 0.25) is 0 Å². The fraction of sp³-hybridized carbons (Fsp3) is 0.111. The lowest BCUT2D eigenvalue weighted by molar-refractivity contribution is 0.415. The van der Waals surface area contributed by atoms with Crippen molar-refractivity contribution >= 4 is 0 Å². The first-order chi connectivity index (χ1) is 13.5. The molecule has 0 spiro atoms. The van der Waals surface area contributed by atoms with Crippen molar-refractivity contribution in [2.24, 2.45) is 7.05 Å². The highest BCUT2D eigenvalue weighted by Crippen LogP contribution is 2.19. The SMILES string of the molecule is Cn1ncnc1Oc1ccc(-n2ncn(Cc3c(F)cccc3F)c2=O)cc1. The quantitative estimate of drug-likeness (QED) is 0.527. The molecule has 0 N–H and O–H groups in total. The van der Waals surface area contributed by atoms with E-state index in [4.69, 9.17) is 4.74 Å². The smallest absolute Gasteiger partial charge is 0.350 e. The average molecular weight is 384 g/mol. The second-order valence-corrected chi connectivity index (χ2v) is 5.92. The number of rotatable bonds is 5. The molecule has 2 heterocycles. The number of hydrogen-bond donors (Lipinski definition) is 0. The van der Waals surface area contributed by atoms with Gasteiger partial charge in [-0.05, 0) is 36.4 Å². The summed E-state index contributed by atoms with van der Waals surface area (Å²) in [7, 11) is 1.70. The largest absolute Gasteiger partial charge is 0.424 e. The lowest BCUT2D eigenvalue weighted by Crippen LogP contribution is -2.24. The molecule has 0 unspecified atom stereocenters. The van der Waals surface area contributed by atoms with Crippen LogP contribution in [0.15, 0.2) is 59.9 Å². The number of halogens is 2. The van der Waals surface area contributed by atoms with Crippen LogP contribution in [0.1, 0.15) is 5.56 Å². The molecular formula is C18H14F2N6O2. The van der Waals surface area contributed by atoms with E-state index in [1.54, 1.807) is 31.3 Å². The normalized spacial score (nSPS) is 11.0. The first-order valence-electron chi connectivity index (χ1n) is 8.22. The zero-order chi connectivity index (χ0) is 19.7. The Labute approximate surface area is 157 Å². The van der Waals surface area contributed by atoms with E-state index in [1.165, 1.54) is 23.4 Å². The Morgan fingerprint density at radius 1 is 1.04 bits per heavy atom. The van der Waals surface area contributed by atoms with E-state index in [-0.39, 0.29) is 12.1 Å². The molecule has 0 aliphatic heterocycles. The molecule has 0 saturated carbocycles. The molecule has 0 fully saturated rings. The Bertz CT molecular complexity index is 1160. The number of aromatic nitrogens is 6. The van der Waals surface area contributed by atoms with Crippen molar-refractivity contribution in [1.82, 2.24) is 29.1 Å². The predicted octanol–water partition coefficient (Wildman–Crippen LogP) is 2.28. The highest BCUT2D eigenvalue weighted by molar-refractivity contribution is 5.37. The molecule has 0 atom stereocenters. The number of ether oxygens (including phenoxy) is 1. The van der Waals surface area contributed by atoms with Gasteiger partial charge in [0.1, 0.15) is 30.0 Å². The maximum atomic E-state index is 13.8. The van der Waals surface area contributed by atoms with Gasteiger partial charge in [-0.15, -0.1) is 0 Å². The Morgan fingerprint density at radius 3 is 2.39 bits per heavy atom. The van der Waals surface area contributed by atoms with Crippen LogP contribution in [0.25, 0.3) is 5.69 Å². The van der Waals surface area contributed by atoms with E-state index in [9.17, 15) is 13.6 Å². The molecule has 2 aromatic heterocycles. The second kappa shape index (κ2) is 7.06. The molecule has 10 heteroatoms. The third-order valence-electron chi connectivity index (χ3n) is 4.08. The summed E-state index contributed by atoms with van der Waals surface area (Å²) in [5, 5.41) is 7.92. The molecule has 4 rings (SSSR count). The molecule has 0 saturated heterocycles. The summed E-state index contributed by atoms with van der Waals surface area (Å²) in [5.74, 6) is -0.935. The maximum Gasteiger partial charge on any atom is 0.350 e. The van der Waals surface area contributed by atoms with Crippen LogP contribution in [-0.4, -0.2) is 29.1 Å². The first kappa shape index (κ1) is 17.6. The average Bonchev–Trinajstić information content (AvgIpc) is 3.25. The Morgan fingerprint density at radius 2 is 1.75 bits per heavy atom. The molecular weight excluding hydrogens is 370 g/mol. The van der Waals surface area contributed by atoms with Gasteiger partial charge in [0.15, 0.2) is 0 Å². The summed E-state index contributed by atoms with van der Waals surface area (Å²) >= 11 is 0. The highest BCUT2D eigenvalue weighted by Gasteiger charge is 2.13. The lowest BCUT2D eigenvalue weighted by Gasteiger charge is -2.06. The van der Waals surface area contributed by atoms with Crippen molar-refractivity contribution in [3.63, 3.8) is 0 Å². The monoisotopic (exact) mass is 384 g/mol. The van der Waals surface area contributed by atoms with Crippen LogP contribution in [0.4, 0.5) is 8.78 Å². The van der Waals surface area contributed by atoms with Gasteiger partial charge >= 0.3 is 11.7 Å². The topological polar surface area (TPSA) is 79.8 Å². The van der Waals surface area contributed by atoms with Crippen molar-refractivity contribution in [2.45, 2.75) is 6.54 Å². The molecule has 8 nitrogen and oxygen atoms in total. The van der Waals surface area contributed by atoms with Crippen molar-refractivity contribution in [2.75, 3.05) is 0 Å². The molecule has 0 aliphatic carbocycles. The number of hydrogen-bond acceptors (Lipinski definition) is 5. The van der Waals surface area contributed by atoms with Crippen LogP contribution in [0, 0.1) is 11.6 Å². The summed E-state index contributed by atoms with van der Waals surface area (Å²) in [5.41, 5.74) is -0.246. The highest BCUT2D eigenvalue weighted by atomic mass is 19.1. The van der Waals surface area contributed by atoms with Gasteiger partial charge in [-0.3, -0.25) is 4.57 Å². The molecule has 0 bridgehead atoms. The third kappa shape index (κ3) is 3.27. The van der Waals surface area contributed by atoms with Gasteiger partial charge in [-0.2, -0.15) is 19.9 Å². The molecule has 0 amide bonds. The summed E-state index contributed by atoms with van der Waals surface area (Å²) in [4.78, 5) is 16.5. The van der Waals surface area contributed by atoms with Gasteiger partial charge in [0, 0.05) is 12.6 Å². The fourth-order valence-electron chi connectivity index (χ4n) is 2.61. The Hall–Kier alpha value is -3.82. The van der Waals surface area contributed by atoms with Gasteiger partial charge < -0.3 is 4.74 Å². The van der Waals surface area contributed by atoms with Crippen molar-refractivity contribution in [3.05, 3.63) is 82.8 Å². The Balaban J connectivity index is 1.57. The minimum atomic E-state index is -0.718. The predicted molar refractivity (Wildman–Crippen MR) is 94.4 cm³/mol. The Kier molecular flexibility index (Phi) is 4.44. The molecule has 142 valence electrons. The van der Waals surface area contributed by atoms with Gasteiger partial charge in [0.05, 0.1) is 12.2 Å². The van der Waals surface area contributed by atoms with Gasteiger partial charge in [0.25, 0.3) is 0 Å². The number of benzene rings is 2. The standard InChI is InChI=1S/C18H14F2N6O2/c1-24-17(21-10-22-24)28-13-7-5-12(6-8-13)26-18(27)25(11-23-26)9-14-15(19)3-2-4-16(14)20/h2-8,10-11H,9H2,1H3. The molecule has 2 aromatic carbocycles. The second-order valence-electron chi connectivity index (χ2n) is 5.92. The van der Waals surface area contributed by atoms with Crippen molar-refractivity contribution in [1.29, 1.82) is 0 Å². The van der Waals surface area contributed by atoms with E-state index >= 15 is 0 Å². The first-order valence-corrected chi connectivity index (χ1v) is 8.22. The fourth-order valence-corrected chi connectivity index (χ4v) is 2.61. The van der Waals surface area contributed by atoms with E-state index in [1.807, 2.05) is 0 Å². The molecule has 4 aromatic rings. The van der Waals surface area contributed by atoms with Crippen LogP contribution in [0.2, 0.25) is 0 Å². The molecule has 0 radical (unpaired) electrons.